The van der Waals surface area contributed by atoms with Crippen LogP contribution in [0.15, 0.2) is 60.8 Å². The highest BCUT2D eigenvalue weighted by atomic mass is 16.3. The summed E-state index contributed by atoms with van der Waals surface area (Å²) in [5, 5.41) is 15.6. The SMILES string of the molecule is OC(Cn1ncc2ccccc21)c1ccccc1. The number of fused-ring (bicyclic) bond motifs is 1. The van der Waals surface area contributed by atoms with Gasteiger partial charge in [0, 0.05) is 5.39 Å². The zero-order valence-electron chi connectivity index (χ0n) is 9.90. The fourth-order valence-electron chi connectivity index (χ4n) is 2.12. The van der Waals surface area contributed by atoms with Gasteiger partial charge < -0.3 is 5.11 Å². The van der Waals surface area contributed by atoms with Gasteiger partial charge in [0.25, 0.3) is 0 Å². The first kappa shape index (κ1) is 11.0. The highest BCUT2D eigenvalue weighted by Gasteiger charge is 2.10. The Morgan fingerprint density at radius 1 is 1.00 bits per heavy atom. The summed E-state index contributed by atoms with van der Waals surface area (Å²) in [5.41, 5.74) is 1.96. The Bertz CT molecular complexity index is 646. The largest absolute Gasteiger partial charge is 0.386 e. The Balaban J connectivity index is 1.89. The molecular weight excluding hydrogens is 224 g/mol. The topological polar surface area (TPSA) is 38.0 Å². The van der Waals surface area contributed by atoms with E-state index < -0.39 is 6.10 Å². The molecular formula is C15H14N2O. The Morgan fingerprint density at radius 3 is 2.56 bits per heavy atom. The molecule has 1 atom stereocenters. The first-order chi connectivity index (χ1) is 8.84. The number of para-hydroxylation sites is 1. The van der Waals surface area contributed by atoms with E-state index in [1.54, 1.807) is 0 Å². The van der Waals surface area contributed by atoms with Crippen molar-refractivity contribution in [2.45, 2.75) is 12.6 Å². The first-order valence-corrected chi connectivity index (χ1v) is 5.98. The number of aromatic nitrogens is 2. The van der Waals surface area contributed by atoms with Crippen molar-refractivity contribution in [3.63, 3.8) is 0 Å². The predicted octanol–water partition coefficient (Wildman–Crippen LogP) is 2.77. The number of aliphatic hydroxyl groups is 1. The molecule has 1 unspecified atom stereocenters. The molecule has 0 amide bonds. The van der Waals surface area contributed by atoms with E-state index in [9.17, 15) is 5.11 Å². The molecule has 2 aromatic carbocycles. The lowest BCUT2D eigenvalue weighted by Gasteiger charge is -2.11. The minimum Gasteiger partial charge on any atom is -0.386 e. The molecule has 3 rings (SSSR count). The van der Waals surface area contributed by atoms with Crippen LogP contribution in [0.25, 0.3) is 10.9 Å². The van der Waals surface area contributed by atoms with Crippen LogP contribution in [-0.4, -0.2) is 14.9 Å². The van der Waals surface area contributed by atoms with Crippen molar-refractivity contribution < 1.29 is 5.11 Å². The molecule has 1 heterocycles. The van der Waals surface area contributed by atoms with Gasteiger partial charge in [0.2, 0.25) is 0 Å². The maximum Gasteiger partial charge on any atom is 0.0986 e. The van der Waals surface area contributed by atoms with Gasteiger partial charge in [0.15, 0.2) is 0 Å². The number of benzene rings is 2. The summed E-state index contributed by atoms with van der Waals surface area (Å²) in [6.07, 6.45) is 1.29. The van der Waals surface area contributed by atoms with Crippen LogP contribution in [0.2, 0.25) is 0 Å². The molecule has 0 aliphatic heterocycles. The third-order valence-corrected chi connectivity index (χ3v) is 3.08. The van der Waals surface area contributed by atoms with Gasteiger partial charge in [-0.1, -0.05) is 48.5 Å². The molecule has 3 nitrogen and oxygen atoms in total. The lowest BCUT2D eigenvalue weighted by molar-refractivity contribution is 0.153. The van der Waals surface area contributed by atoms with Crippen molar-refractivity contribution in [1.82, 2.24) is 9.78 Å². The molecule has 18 heavy (non-hydrogen) atoms. The van der Waals surface area contributed by atoms with Gasteiger partial charge in [-0.25, -0.2) is 0 Å². The van der Waals surface area contributed by atoms with Crippen molar-refractivity contribution in [2.75, 3.05) is 0 Å². The van der Waals surface area contributed by atoms with Crippen molar-refractivity contribution in [1.29, 1.82) is 0 Å². The molecule has 0 spiro atoms. The van der Waals surface area contributed by atoms with Crippen LogP contribution in [-0.2, 0) is 6.54 Å². The van der Waals surface area contributed by atoms with Gasteiger partial charge in [0.1, 0.15) is 0 Å². The fourth-order valence-corrected chi connectivity index (χ4v) is 2.12. The smallest absolute Gasteiger partial charge is 0.0986 e. The summed E-state index contributed by atoms with van der Waals surface area (Å²) in [6.45, 7) is 0.470. The van der Waals surface area contributed by atoms with Crippen LogP contribution in [0.5, 0.6) is 0 Å². The van der Waals surface area contributed by atoms with E-state index in [2.05, 4.69) is 5.10 Å². The van der Waals surface area contributed by atoms with E-state index in [0.29, 0.717) is 6.54 Å². The van der Waals surface area contributed by atoms with Gasteiger partial charge in [-0.05, 0) is 11.6 Å². The average molecular weight is 238 g/mol. The minimum atomic E-state index is -0.533. The Labute approximate surface area is 105 Å². The minimum absolute atomic E-state index is 0.470. The highest BCUT2D eigenvalue weighted by Crippen LogP contribution is 2.18. The second kappa shape index (κ2) is 4.63. The molecule has 1 N–H and O–H groups in total. The average Bonchev–Trinajstić information content (AvgIpc) is 2.83. The Morgan fingerprint density at radius 2 is 1.72 bits per heavy atom. The molecule has 3 aromatic rings. The zero-order valence-corrected chi connectivity index (χ0v) is 9.90. The zero-order chi connectivity index (χ0) is 12.4. The lowest BCUT2D eigenvalue weighted by atomic mass is 10.1. The number of hydrogen-bond donors (Lipinski definition) is 1. The normalized spacial score (nSPS) is 12.7. The molecule has 3 heteroatoms. The third kappa shape index (κ3) is 2.00. The summed E-state index contributed by atoms with van der Waals surface area (Å²) in [5.74, 6) is 0. The van der Waals surface area contributed by atoms with Crippen molar-refractivity contribution in [3.05, 3.63) is 66.4 Å². The van der Waals surface area contributed by atoms with Gasteiger partial charge in [-0.3, -0.25) is 4.68 Å². The van der Waals surface area contributed by atoms with Crippen LogP contribution >= 0.6 is 0 Å². The third-order valence-electron chi connectivity index (χ3n) is 3.08. The van der Waals surface area contributed by atoms with Crippen molar-refractivity contribution >= 4 is 10.9 Å². The molecule has 1 aromatic heterocycles. The standard InChI is InChI=1S/C15H14N2O/c18-15(12-6-2-1-3-7-12)11-17-14-9-5-4-8-13(14)10-16-17/h1-10,15,18H,11H2. The molecule has 0 saturated heterocycles. The van der Waals surface area contributed by atoms with E-state index in [1.807, 2.05) is 65.5 Å². The number of rotatable bonds is 3. The summed E-state index contributed by atoms with van der Waals surface area (Å²) in [4.78, 5) is 0. The fraction of sp³-hybridized carbons (Fsp3) is 0.133. The summed E-state index contributed by atoms with van der Waals surface area (Å²) >= 11 is 0. The summed E-state index contributed by atoms with van der Waals surface area (Å²) < 4.78 is 1.84. The second-order valence-electron chi connectivity index (χ2n) is 4.31. The molecule has 0 radical (unpaired) electrons. The Hall–Kier alpha value is -2.13. The van der Waals surface area contributed by atoms with E-state index >= 15 is 0 Å². The van der Waals surface area contributed by atoms with Crippen LogP contribution < -0.4 is 0 Å². The molecule has 0 aliphatic carbocycles. The summed E-state index contributed by atoms with van der Waals surface area (Å²) in [6, 6.07) is 17.7. The lowest BCUT2D eigenvalue weighted by Crippen LogP contribution is -2.09. The summed E-state index contributed by atoms with van der Waals surface area (Å²) in [7, 11) is 0. The molecule has 0 aliphatic rings. The molecule has 0 bridgehead atoms. The highest BCUT2D eigenvalue weighted by molar-refractivity contribution is 5.78. The molecule has 90 valence electrons. The van der Waals surface area contributed by atoms with Crippen LogP contribution in [0.1, 0.15) is 11.7 Å². The van der Waals surface area contributed by atoms with Gasteiger partial charge >= 0.3 is 0 Å². The monoisotopic (exact) mass is 238 g/mol. The van der Waals surface area contributed by atoms with E-state index in [-0.39, 0.29) is 0 Å². The molecule has 0 fully saturated rings. The van der Waals surface area contributed by atoms with Crippen LogP contribution in [0, 0.1) is 0 Å². The van der Waals surface area contributed by atoms with Gasteiger partial charge in [-0.2, -0.15) is 5.10 Å². The van der Waals surface area contributed by atoms with E-state index in [4.69, 9.17) is 0 Å². The number of nitrogens with zero attached hydrogens (tertiary/aromatic N) is 2. The van der Waals surface area contributed by atoms with E-state index in [0.717, 1.165) is 16.5 Å². The molecule has 0 saturated carbocycles. The second-order valence-corrected chi connectivity index (χ2v) is 4.31. The van der Waals surface area contributed by atoms with Crippen LogP contribution in [0.4, 0.5) is 0 Å². The van der Waals surface area contributed by atoms with Gasteiger partial charge in [0.05, 0.1) is 24.4 Å². The van der Waals surface area contributed by atoms with Crippen LogP contribution in [0.3, 0.4) is 0 Å². The van der Waals surface area contributed by atoms with Crippen molar-refractivity contribution in [2.24, 2.45) is 0 Å². The number of aliphatic hydroxyl groups excluding tert-OH is 1. The number of hydrogen-bond acceptors (Lipinski definition) is 2. The Kier molecular flexibility index (Phi) is 2.82. The predicted molar refractivity (Wildman–Crippen MR) is 71.1 cm³/mol. The van der Waals surface area contributed by atoms with E-state index in [1.165, 1.54) is 0 Å². The first-order valence-electron chi connectivity index (χ1n) is 5.98. The van der Waals surface area contributed by atoms with Gasteiger partial charge in [-0.15, -0.1) is 0 Å². The maximum absolute atomic E-state index is 10.2. The quantitative estimate of drug-likeness (QED) is 0.762. The van der Waals surface area contributed by atoms with Crippen molar-refractivity contribution in [3.8, 4) is 0 Å². The maximum atomic E-state index is 10.2.